The van der Waals surface area contributed by atoms with E-state index in [4.69, 9.17) is 18.3 Å². The zero-order chi connectivity index (χ0) is 25.7. The number of esters is 1. The number of hydrogen-bond donors (Lipinski definition) is 1. The van der Waals surface area contributed by atoms with Gasteiger partial charge in [0.1, 0.15) is 41.6 Å². The van der Waals surface area contributed by atoms with Crippen molar-refractivity contribution < 1.29 is 32.3 Å². The van der Waals surface area contributed by atoms with Gasteiger partial charge in [-0.05, 0) is 67.9 Å². The van der Waals surface area contributed by atoms with E-state index in [0.29, 0.717) is 35.2 Å². The van der Waals surface area contributed by atoms with Crippen LogP contribution in [-0.2, 0) is 22.7 Å². The number of ether oxygens (including phenoxy) is 2. The average molecular weight is 491 g/mol. The Morgan fingerprint density at radius 1 is 1.11 bits per heavy atom. The van der Waals surface area contributed by atoms with Crippen LogP contribution in [0, 0.1) is 31.0 Å². The summed E-state index contributed by atoms with van der Waals surface area (Å²) < 4.78 is 36.1. The zero-order valence-electron chi connectivity index (χ0n) is 19.5. The van der Waals surface area contributed by atoms with E-state index in [1.807, 2.05) is 6.92 Å². The second kappa shape index (κ2) is 10.7. The minimum absolute atomic E-state index is 0.0156. The van der Waals surface area contributed by atoms with Gasteiger partial charge in [-0.15, -0.1) is 0 Å². The number of furan rings is 2. The summed E-state index contributed by atoms with van der Waals surface area (Å²) >= 11 is 0. The lowest BCUT2D eigenvalue weighted by Gasteiger charge is -2.12. The molecule has 3 heterocycles. The van der Waals surface area contributed by atoms with E-state index in [1.54, 1.807) is 29.9 Å². The number of anilines is 1. The van der Waals surface area contributed by atoms with Gasteiger partial charge in [0, 0.05) is 5.69 Å². The van der Waals surface area contributed by atoms with Gasteiger partial charge in [0.15, 0.2) is 6.61 Å². The fraction of sp³-hybridized carbons (Fsp3) is 0.192. The van der Waals surface area contributed by atoms with Crippen molar-refractivity contribution in [2.45, 2.75) is 27.0 Å². The highest BCUT2D eigenvalue weighted by Crippen LogP contribution is 2.27. The van der Waals surface area contributed by atoms with Gasteiger partial charge in [-0.3, -0.25) is 4.79 Å². The number of rotatable bonds is 9. The van der Waals surface area contributed by atoms with Gasteiger partial charge >= 0.3 is 5.97 Å². The summed E-state index contributed by atoms with van der Waals surface area (Å²) in [6.07, 6.45) is 1.54. The third-order valence-corrected chi connectivity index (χ3v) is 5.48. The van der Waals surface area contributed by atoms with E-state index >= 15 is 0 Å². The fourth-order valence-corrected chi connectivity index (χ4v) is 3.51. The Morgan fingerprint density at radius 2 is 1.89 bits per heavy atom. The summed E-state index contributed by atoms with van der Waals surface area (Å²) in [5.41, 5.74) is 1.83. The second-order valence-corrected chi connectivity index (χ2v) is 7.84. The van der Waals surface area contributed by atoms with Gasteiger partial charge in [-0.1, -0.05) is 0 Å². The Balaban J connectivity index is 1.35. The number of nitrogens with zero attached hydrogens (tertiary/aromatic N) is 2. The molecule has 0 fully saturated rings. The van der Waals surface area contributed by atoms with E-state index in [-0.39, 0.29) is 18.2 Å². The van der Waals surface area contributed by atoms with Crippen molar-refractivity contribution in [1.82, 2.24) is 4.57 Å². The first-order valence-electron chi connectivity index (χ1n) is 10.9. The van der Waals surface area contributed by atoms with E-state index in [2.05, 4.69) is 11.4 Å². The molecule has 1 amide bonds. The molecule has 36 heavy (non-hydrogen) atoms. The molecule has 0 aliphatic rings. The molecule has 10 heteroatoms. The Morgan fingerprint density at radius 3 is 2.58 bits per heavy atom. The van der Waals surface area contributed by atoms with Gasteiger partial charge in [-0.25, -0.2) is 9.18 Å². The Bertz CT molecular complexity index is 1410. The fourth-order valence-electron chi connectivity index (χ4n) is 3.51. The standard InChI is InChI=1S/C26H22FN3O6/c1-16-17(2)30(13-20-4-3-11-33-20)25(22(16)12-28)29-24(31)15-35-26(32)23-10-9-21(36-23)14-34-19-7-5-18(27)6-8-19/h3-11H,13-15H2,1-2H3,(H,29,31). The van der Waals surface area contributed by atoms with Crippen LogP contribution in [0.25, 0.3) is 0 Å². The van der Waals surface area contributed by atoms with Crippen molar-refractivity contribution >= 4 is 17.7 Å². The highest BCUT2D eigenvalue weighted by atomic mass is 19.1. The lowest BCUT2D eigenvalue weighted by molar-refractivity contribution is -0.119. The van der Waals surface area contributed by atoms with Crippen molar-refractivity contribution in [2.75, 3.05) is 11.9 Å². The molecule has 0 aliphatic carbocycles. The van der Waals surface area contributed by atoms with Gasteiger partial charge in [-0.2, -0.15) is 5.26 Å². The number of nitrogens with one attached hydrogen (secondary N) is 1. The molecule has 0 aliphatic heterocycles. The number of hydrogen-bond acceptors (Lipinski definition) is 7. The minimum atomic E-state index is -0.836. The second-order valence-electron chi connectivity index (χ2n) is 7.84. The van der Waals surface area contributed by atoms with Crippen molar-refractivity contribution in [3.8, 4) is 11.8 Å². The van der Waals surface area contributed by atoms with Gasteiger partial charge in [0.25, 0.3) is 5.91 Å². The van der Waals surface area contributed by atoms with Crippen LogP contribution in [0.15, 0.2) is 63.6 Å². The normalized spacial score (nSPS) is 10.6. The van der Waals surface area contributed by atoms with Crippen LogP contribution >= 0.6 is 0 Å². The van der Waals surface area contributed by atoms with Crippen LogP contribution in [-0.4, -0.2) is 23.1 Å². The number of carbonyl (C=O) groups is 2. The van der Waals surface area contributed by atoms with E-state index < -0.39 is 18.5 Å². The molecule has 1 aromatic carbocycles. The molecule has 4 aromatic rings. The Hall–Kier alpha value is -4.78. The highest BCUT2D eigenvalue weighted by Gasteiger charge is 2.21. The maximum absolute atomic E-state index is 13.0. The molecule has 0 unspecified atom stereocenters. The minimum Gasteiger partial charge on any atom is -0.486 e. The average Bonchev–Trinajstić information content (AvgIpc) is 3.61. The summed E-state index contributed by atoms with van der Waals surface area (Å²) in [7, 11) is 0. The van der Waals surface area contributed by atoms with Gasteiger partial charge in [0.05, 0.1) is 18.4 Å². The maximum atomic E-state index is 13.0. The van der Waals surface area contributed by atoms with Crippen LogP contribution in [0.3, 0.4) is 0 Å². The molecule has 1 N–H and O–H groups in total. The van der Waals surface area contributed by atoms with Gasteiger partial charge < -0.3 is 28.2 Å². The van der Waals surface area contributed by atoms with Crippen LogP contribution in [0.4, 0.5) is 10.2 Å². The monoisotopic (exact) mass is 491 g/mol. The molecular weight excluding hydrogens is 469 g/mol. The van der Waals surface area contributed by atoms with Gasteiger partial charge in [0.2, 0.25) is 5.76 Å². The molecule has 3 aromatic heterocycles. The van der Waals surface area contributed by atoms with Crippen molar-refractivity contribution in [3.63, 3.8) is 0 Å². The summed E-state index contributed by atoms with van der Waals surface area (Å²) in [6, 6.07) is 14.1. The SMILES string of the molecule is Cc1c(C#N)c(NC(=O)COC(=O)c2ccc(COc3ccc(F)cc3)o2)n(Cc2ccco2)c1C. The first-order chi connectivity index (χ1) is 17.4. The van der Waals surface area contributed by atoms with Crippen LogP contribution in [0.2, 0.25) is 0 Å². The summed E-state index contributed by atoms with van der Waals surface area (Å²) in [5, 5.41) is 12.3. The van der Waals surface area contributed by atoms with Crippen molar-refractivity contribution in [2.24, 2.45) is 0 Å². The quantitative estimate of drug-likeness (QED) is 0.336. The third-order valence-electron chi connectivity index (χ3n) is 5.48. The predicted molar refractivity (Wildman–Crippen MR) is 125 cm³/mol. The Kier molecular flexibility index (Phi) is 7.20. The predicted octanol–water partition coefficient (Wildman–Crippen LogP) is 4.72. The van der Waals surface area contributed by atoms with Crippen molar-refractivity contribution in [1.29, 1.82) is 5.26 Å². The summed E-state index contributed by atoms with van der Waals surface area (Å²) in [5.74, 6) is -0.217. The van der Waals surface area contributed by atoms with Crippen molar-refractivity contribution in [3.05, 3.63) is 94.7 Å². The lowest BCUT2D eigenvalue weighted by Crippen LogP contribution is -2.23. The number of aromatic nitrogens is 1. The molecule has 4 rings (SSSR count). The molecule has 0 bridgehead atoms. The zero-order valence-corrected chi connectivity index (χ0v) is 19.5. The maximum Gasteiger partial charge on any atom is 0.374 e. The lowest BCUT2D eigenvalue weighted by atomic mass is 10.2. The molecule has 9 nitrogen and oxygen atoms in total. The van der Waals surface area contributed by atoms with Crippen LogP contribution in [0.5, 0.6) is 5.75 Å². The molecule has 184 valence electrons. The topological polar surface area (TPSA) is 120 Å². The number of halogens is 1. The molecule has 0 spiro atoms. The number of carbonyl (C=O) groups excluding carboxylic acids is 2. The smallest absolute Gasteiger partial charge is 0.374 e. The van der Waals surface area contributed by atoms with Crippen LogP contribution < -0.4 is 10.1 Å². The first kappa shape index (κ1) is 24.3. The summed E-state index contributed by atoms with van der Waals surface area (Å²) in [6.45, 7) is 3.36. The molecule has 0 atom stereocenters. The molecule has 0 radical (unpaired) electrons. The van der Waals surface area contributed by atoms with Crippen LogP contribution in [0.1, 0.15) is 38.9 Å². The highest BCUT2D eigenvalue weighted by molar-refractivity contribution is 5.95. The number of amides is 1. The van der Waals surface area contributed by atoms with E-state index in [1.165, 1.54) is 36.4 Å². The largest absolute Gasteiger partial charge is 0.486 e. The first-order valence-corrected chi connectivity index (χ1v) is 10.9. The number of benzene rings is 1. The summed E-state index contributed by atoms with van der Waals surface area (Å²) in [4.78, 5) is 24.9. The van der Waals surface area contributed by atoms with E-state index in [9.17, 15) is 19.2 Å². The number of nitriles is 1. The molecule has 0 saturated heterocycles. The molecular formula is C26H22FN3O6. The Labute approximate surface area is 205 Å². The molecule has 0 saturated carbocycles. The third kappa shape index (κ3) is 5.47. The van der Waals surface area contributed by atoms with E-state index in [0.717, 1.165) is 11.3 Å².